The SMILES string of the molecule is CCCCC(O)COC(=O)c1ccc(C(=O)OCC(O)CCCC)cc1. The third-order valence-corrected chi connectivity index (χ3v) is 3.95. The van der Waals surface area contributed by atoms with Crippen LogP contribution in [0.1, 0.15) is 73.1 Å². The summed E-state index contributed by atoms with van der Waals surface area (Å²) in [7, 11) is 0. The van der Waals surface area contributed by atoms with Crippen LogP contribution in [-0.2, 0) is 9.47 Å². The average Bonchev–Trinajstić information content (AvgIpc) is 2.66. The number of unbranched alkanes of at least 4 members (excludes halogenated alkanes) is 2. The molecule has 6 nitrogen and oxygen atoms in total. The fourth-order valence-corrected chi connectivity index (χ4v) is 2.30. The van der Waals surface area contributed by atoms with E-state index in [0.29, 0.717) is 24.0 Å². The Morgan fingerprint density at radius 1 is 0.808 bits per heavy atom. The van der Waals surface area contributed by atoms with Gasteiger partial charge in [-0.05, 0) is 37.1 Å². The number of esters is 2. The van der Waals surface area contributed by atoms with Crippen LogP contribution < -0.4 is 0 Å². The minimum absolute atomic E-state index is 0.0434. The highest BCUT2D eigenvalue weighted by Crippen LogP contribution is 2.10. The lowest BCUT2D eigenvalue weighted by atomic mass is 10.1. The topological polar surface area (TPSA) is 93.1 Å². The van der Waals surface area contributed by atoms with Crippen molar-refractivity contribution in [1.29, 1.82) is 0 Å². The van der Waals surface area contributed by atoms with Crippen molar-refractivity contribution in [2.24, 2.45) is 0 Å². The summed E-state index contributed by atoms with van der Waals surface area (Å²) in [5.74, 6) is -1.09. The van der Waals surface area contributed by atoms with Crippen LogP contribution in [-0.4, -0.2) is 47.6 Å². The second-order valence-corrected chi connectivity index (χ2v) is 6.37. The number of hydrogen-bond acceptors (Lipinski definition) is 6. The predicted molar refractivity (Wildman–Crippen MR) is 98.1 cm³/mol. The van der Waals surface area contributed by atoms with Crippen LogP contribution in [0.25, 0.3) is 0 Å². The van der Waals surface area contributed by atoms with Crippen LogP contribution in [0.4, 0.5) is 0 Å². The molecule has 0 bridgehead atoms. The van der Waals surface area contributed by atoms with E-state index in [0.717, 1.165) is 25.7 Å². The third-order valence-electron chi connectivity index (χ3n) is 3.95. The Bertz CT molecular complexity index is 491. The fourth-order valence-electron chi connectivity index (χ4n) is 2.30. The molecule has 1 rings (SSSR count). The van der Waals surface area contributed by atoms with Crippen molar-refractivity contribution in [3.8, 4) is 0 Å². The van der Waals surface area contributed by atoms with Crippen LogP contribution in [0, 0.1) is 0 Å². The van der Waals surface area contributed by atoms with Gasteiger partial charge in [-0.1, -0.05) is 39.5 Å². The van der Waals surface area contributed by atoms with Gasteiger partial charge in [-0.25, -0.2) is 9.59 Å². The van der Waals surface area contributed by atoms with Gasteiger partial charge >= 0.3 is 11.9 Å². The second-order valence-electron chi connectivity index (χ2n) is 6.37. The Morgan fingerprint density at radius 3 is 1.46 bits per heavy atom. The molecular formula is C20H30O6. The van der Waals surface area contributed by atoms with Crippen LogP contribution in [0.15, 0.2) is 24.3 Å². The average molecular weight is 366 g/mol. The molecule has 1 aromatic carbocycles. The van der Waals surface area contributed by atoms with Gasteiger partial charge in [0.25, 0.3) is 0 Å². The normalized spacial score (nSPS) is 13.1. The summed E-state index contributed by atoms with van der Waals surface area (Å²) in [5.41, 5.74) is 0.597. The molecule has 0 spiro atoms. The van der Waals surface area contributed by atoms with Crippen molar-refractivity contribution in [1.82, 2.24) is 0 Å². The minimum Gasteiger partial charge on any atom is -0.459 e. The van der Waals surface area contributed by atoms with Gasteiger partial charge in [-0.3, -0.25) is 0 Å². The van der Waals surface area contributed by atoms with Gasteiger partial charge in [0, 0.05) is 0 Å². The van der Waals surface area contributed by atoms with E-state index in [1.165, 1.54) is 24.3 Å². The maximum atomic E-state index is 11.9. The molecule has 2 N–H and O–H groups in total. The molecule has 0 saturated carbocycles. The first-order valence-electron chi connectivity index (χ1n) is 9.28. The molecule has 6 heteroatoms. The monoisotopic (exact) mass is 366 g/mol. The Kier molecular flexibility index (Phi) is 10.6. The zero-order valence-corrected chi connectivity index (χ0v) is 15.6. The first kappa shape index (κ1) is 22.1. The van der Waals surface area contributed by atoms with Crippen molar-refractivity contribution < 1.29 is 29.3 Å². The van der Waals surface area contributed by atoms with Crippen LogP contribution >= 0.6 is 0 Å². The van der Waals surface area contributed by atoms with E-state index < -0.39 is 24.1 Å². The summed E-state index contributed by atoms with van der Waals surface area (Å²) in [6.07, 6.45) is 3.57. The van der Waals surface area contributed by atoms with E-state index in [4.69, 9.17) is 9.47 Å². The van der Waals surface area contributed by atoms with E-state index in [9.17, 15) is 19.8 Å². The fraction of sp³-hybridized carbons (Fsp3) is 0.600. The number of ether oxygens (including phenoxy) is 2. The molecular weight excluding hydrogens is 336 g/mol. The van der Waals surface area contributed by atoms with E-state index in [1.54, 1.807) is 0 Å². The number of carbonyl (C=O) groups excluding carboxylic acids is 2. The molecule has 146 valence electrons. The highest BCUT2D eigenvalue weighted by Gasteiger charge is 2.14. The van der Waals surface area contributed by atoms with Crippen molar-refractivity contribution >= 4 is 11.9 Å². The summed E-state index contributed by atoms with van der Waals surface area (Å²) in [6, 6.07) is 5.91. The molecule has 0 aliphatic heterocycles. The Labute approximate surface area is 155 Å². The zero-order chi connectivity index (χ0) is 19.4. The molecule has 0 radical (unpaired) electrons. The quantitative estimate of drug-likeness (QED) is 0.552. The number of hydrogen-bond donors (Lipinski definition) is 2. The van der Waals surface area contributed by atoms with Gasteiger partial charge in [-0.2, -0.15) is 0 Å². The van der Waals surface area contributed by atoms with Crippen LogP contribution in [0.3, 0.4) is 0 Å². The van der Waals surface area contributed by atoms with Gasteiger partial charge < -0.3 is 19.7 Å². The zero-order valence-electron chi connectivity index (χ0n) is 15.6. The predicted octanol–water partition coefficient (Wildman–Crippen LogP) is 3.10. The Hall–Kier alpha value is -1.92. The van der Waals surface area contributed by atoms with Crippen LogP contribution in [0.2, 0.25) is 0 Å². The largest absolute Gasteiger partial charge is 0.459 e. The van der Waals surface area contributed by atoms with Gasteiger partial charge in [0.1, 0.15) is 13.2 Å². The molecule has 2 unspecified atom stereocenters. The molecule has 0 aliphatic rings. The van der Waals surface area contributed by atoms with Gasteiger partial charge in [0.2, 0.25) is 0 Å². The van der Waals surface area contributed by atoms with Gasteiger partial charge in [0.05, 0.1) is 23.3 Å². The number of aliphatic hydroxyl groups excluding tert-OH is 2. The first-order chi connectivity index (χ1) is 12.5. The molecule has 1 aromatic rings. The van der Waals surface area contributed by atoms with E-state index in [1.807, 2.05) is 13.8 Å². The number of rotatable bonds is 12. The lowest BCUT2D eigenvalue weighted by Gasteiger charge is -2.12. The second kappa shape index (κ2) is 12.4. The number of benzene rings is 1. The highest BCUT2D eigenvalue weighted by molar-refractivity contribution is 5.93. The number of aliphatic hydroxyl groups is 2. The maximum Gasteiger partial charge on any atom is 0.338 e. The molecule has 0 aromatic heterocycles. The Morgan fingerprint density at radius 2 is 1.15 bits per heavy atom. The standard InChI is InChI=1S/C20H30O6/c1-3-5-7-17(21)13-25-19(23)15-9-11-16(12-10-15)20(24)26-14-18(22)8-6-4-2/h9-12,17-18,21-22H,3-8,13-14H2,1-2H3. The van der Waals surface area contributed by atoms with Gasteiger partial charge in [0.15, 0.2) is 0 Å². The van der Waals surface area contributed by atoms with Crippen molar-refractivity contribution in [2.75, 3.05) is 13.2 Å². The van der Waals surface area contributed by atoms with Gasteiger partial charge in [-0.15, -0.1) is 0 Å². The summed E-state index contributed by atoms with van der Waals surface area (Å²) < 4.78 is 10.1. The van der Waals surface area contributed by atoms with Crippen molar-refractivity contribution in [3.63, 3.8) is 0 Å². The maximum absolute atomic E-state index is 11.9. The summed E-state index contributed by atoms with van der Waals surface area (Å²) in [5, 5.41) is 19.4. The minimum atomic E-state index is -0.660. The smallest absolute Gasteiger partial charge is 0.338 e. The molecule has 26 heavy (non-hydrogen) atoms. The first-order valence-corrected chi connectivity index (χ1v) is 9.28. The molecule has 0 fully saturated rings. The molecule has 0 amide bonds. The van der Waals surface area contributed by atoms with Crippen molar-refractivity contribution in [2.45, 2.75) is 64.6 Å². The number of carbonyl (C=O) groups is 2. The van der Waals surface area contributed by atoms with E-state index in [2.05, 4.69) is 0 Å². The summed E-state index contributed by atoms with van der Waals surface area (Å²) in [4.78, 5) is 23.9. The summed E-state index contributed by atoms with van der Waals surface area (Å²) >= 11 is 0. The van der Waals surface area contributed by atoms with E-state index in [-0.39, 0.29) is 13.2 Å². The molecule has 0 heterocycles. The third kappa shape index (κ3) is 8.45. The Balaban J connectivity index is 2.44. The lowest BCUT2D eigenvalue weighted by molar-refractivity contribution is 0.0226. The highest BCUT2D eigenvalue weighted by atomic mass is 16.5. The van der Waals surface area contributed by atoms with Crippen molar-refractivity contribution in [3.05, 3.63) is 35.4 Å². The molecule has 0 aliphatic carbocycles. The molecule has 2 atom stereocenters. The lowest BCUT2D eigenvalue weighted by Crippen LogP contribution is -2.19. The summed E-state index contributed by atoms with van der Waals surface area (Å²) in [6.45, 7) is 3.96. The van der Waals surface area contributed by atoms with Crippen LogP contribution in [0.5, 0.6) is 0 Å². The molecule has 0 saturated heterocycles. The van der Waals surface area contributed by atoms with E-state index >= 15 is 0 Å².